The van der Waals surface area contributed by atoms with E-state index in [-0.39, 0.29) is 11.5 Å². The van der Waals surface area contributed by atoms with Gasteiger partial charge in [-0.25, -0.2) is 0 Å². The second-order valence-corrected chi connectivity index (χ2v) is 5.23. The van der Waals surface area contributed by atoms with E-state index >= 15 is 0 Å². The van der Waals surface area contributed by atoms with Crippen molar-refractivity contribution in [1.29, 1.82) is 0 Å². The molecule has 1 aromatic rings. The van der Waals surface area contributed by atoms with Crippen LogP contribution in [0, 0.1) is 5.41 Å². The fourth-order valence-electron chi connectivity index (χ4n) is 1.16. The normalized spacial score (nSPS) is 13.0. The van der Waals surface area contributed by atoms with Gasteiger partial charge >= 0.3 is 6.01 Å². The Kier molecular flexibility index (Phi) is 4.69. The molecule has 1 aromatic heterocycles. The predicted molar refractivity (Wildman–Crippen MR) is 73.1 cm³/mol. The average Bonchev–Trinajstić information content (AvgIpc) is 2.27. The summed E-state index contributed by atoms with van der Waals surface area (Å²) in [6, 6.07) is 0.545. The van der Waals surface area contributed by atoms with E-state index in [2.05, 4.69) is 53.3 Å². The highest BCUT2D eigenvalue weighted by Gasteiger charge is 2.21. The summed E-state index contributed by atoms with van der Waals surface area (Å²) in [5, 5.41) is 6.33. The monoisotopic (exact) mass is 253 g/mol. The van der Waals surface area contributed by atoms with Gasteiger partial charge in [0.15, 0.2) is 0 Å². The largest absolute Gasteiger partial charge is 0.467 e. The third-order valence-corrected chi connectivity index (χ3v) is 2.78. The lowest BCUT2D eigenvalue weighted by molar-refractivity contribution is 0.355. The highest BCUT2D eigenvalue weighted by atomic mass is 16.5. The number of nitrogens with one attached hydrogen (secondary N) is 2. The van der Waals surface area contributed by atoms with E-state index < -0.39 is 0 Å². The van der Waals surface area contributed by atoms with E-state index in [1.54, 1.807) is 7.11 Å². The van der Waals surface area contributed by atoms with Crippen LogP contribution in [0.25, 0.3) is 0 Å². The van der Waals surface area contributed by atoms with E-state index in [0.717, 1.165) is 6.54 Å². The van der Waals surface area contributed by atoms with Gasteiger partial charge in [0.2, 0.25) is 11.9 Å². The van der Waals surface area contributed by atoms with Gasteiger partial charge in [-0.2, -0.15) is 15.0 Å². The van der Waals surface area contributed by atoms with Gasteiger partial charge in [-0.3, -0.25) is 0 Å². The minimum atomic E-state index is 0.123. The highest BCUT2D eigenvalue weighted by Crippen LogP contribution is 2.22. The van der Waals surface area contributed by atoms with Crippen LogP contribution >= 0.6 is 0 Å². The first-order valence-electron chi connectivity index (χ1n) is 6.17. The molecule has 0 amide bonds. The van der Waals surface area contributed by atoms with Crippen LogP contribution in [-0.4, -0.2) is 34.6 Å². The Labute approximate surface area is 109 Å². The standard InChI is InChI=1S/C12H23N5O/c1-7-13-9-15-10(17-11(16-9)18-6)14-8(2)12(3,4)5/h8H,7H2,1-6H3,(H2,13,14,15,16,17). The summed E-state index contributed by atoms with van der Waals surface area (Å²) in [5.41, 5.74) is 0.123. The van der Waals surface area contributed by atoms with Gasteiger partial charge in [-0.1, -0.05) is 20.8 Å². The van der Waals surface area contributed by atoms with Crippen molar-refractivity contribution in [1.82, 2.24) is 15.0 Å². The first-order chi connectivity index (χ1) is 8.36. The average molecular weight is 253 g/mol. The molecule has 1 heterocycles. The number of hydrogen-bond donors (Lipinski definition) is 2. The van der Waals surface area contributed by atoms with Crippen molar-refractivity contribution in [2.45, 2.75) is 40.7 Å². The van der Waals surface area contributed by atoms with Crippen LogP contribution in [0.1, 0.15) is 34.6 Å². The van der Waals surface area contributed by atoms with Crippen LogP contribution in [-0.2, 0) is 0 Å². The van der Waals surface area contributed by atoms with Gasteiger partial charge < -0.3 is 15.4 Å². The number of hydrogen-bond acceptors (Lipinski definition) is 6. The fourth-order valence-corrected chi connectivity index (χ4v) is 1.16. The molecule has 0 saturated carbocycles. The minimum absolute atomic E-state index is 0.123. The molecule has 6 heteroatoms. The van der Waals surface area contributed by atoms with Crippen molar-refractivity contribution in [2.24, 2.45) is 5.41 Å². The fraction of sp³-hybridized carbons (Fsp3) is 0.750. The molecule has 0 bridgehead atoms. The first-order valence-corrected chi connectivity index (χ1v) is 6.17. The summed E-state index contributed by atoms with van der Waals surface area (Å²) in [6.45, 7) is 11.3. The van der Waals surface area contributed by atoms with Crippen LogP contribution < -0.4 is 15.4 Å². The molecule has 0 fully saturated rings. The Morgan fingerprint density at radius 3 is 2.28 bits per heavy atom. The van der Waals surface area contributed by atoms with Crippen LogP contribution in [0.3, 0.4) is 0 Å². The van der Waals surface area contributed by atoms with Crippen molar-refractivity contribution < 1.29 is 4.74 Å². The summed E-state index contributed by atoms with van der Waals surface area (Å²) in [7, 11) is 1.54. The maximum Gasteiger partial charge on any atom is 0.322 e. The molecule has 0 saturated heterocycles. The van der Waals surface area contributed by atoms with Crippen molar-refractivity contribution in [3.05, 3.63) is 0 Å². The third kappa shape index (κ3) is 4.01. The summed E-state index contributed by atoms with van der Waals surface area (Å²) < 4.78 is 5.07. The Balaban J connectivity index is 2.90. The molecule has 18 heavy (non-hydrogen) atoms. The first kappa shape index (κ1) is 14.5. The summed E-state index contributed by atoms with van der Waals surface area (Å²) >= 11 is 0. The van der Waals surface area contributed by atoms with Crippen molar-refractivity contribution >= 4 is 11.9 Å². The molecule has 2 N–H and O–H groups in total. The molecule has 102 valence electrons. The van der Waals surface area contributed by atoms with Gasteiger partial charge in [0.05, 0.1) is 7.11 Å². The van der Waals surface area contributed by atoms with Crippen molar-refractivity contribution in [2.75, 3.05) is 24.3 Å². The van der Waals surface area contributed by atoms with E-state index in [9.17, 15) is 0 Å². The SMILES string of the molecule is CCNc1nc(NC(C)C(C)(C)C)nc(OC)n1. The van der Waals surface area contributed by atoms with E-state index in [4.69, 9.17) is 4.74 Å². The number of methoxy groups -OCH3 is 1. The lowest BCUT2D eigenvalue weighted by Crippen LogP contribution is -2.31. The Morgan fingerprint density at radius 2 is 1.78 bits per heavy atom. The summed E-state index contributed by atoms with van der Waals surface area (Å²) in [6.07, 6.45) is 0. The van der Waals surface area contributed by atoms with Crippen LogP contribution in [0.15, 0.2) is 0 Å². The molecular formula is C12H23N5O. The predicted octanol–water partition coefficient (Wildman–Crippen LogP) is 2.16. The molecule has 0 spiro atoms. The topological polar surface area (TPSA) is 72.0 Å². The molecule has 0 radical (unpaired) electrons. The minimum Gasteiger partial charge on any atom is -0.467 e. The molecule has 1 unspecified atom stereocenters. The molecule has 6 nitrogen and oxygen atoms in total. The molecule has 0 aliphatic carbocycles. The number of aromatic nitrogens is 3. The Morgan fingerprint density at radius 1 is 1.17 bits per heavy atom. The molecule has 0 aromatic carbocycles. The molecular weight excluding hydrogens is 230 g/mol. The molecule has 0 aliphatic rings. The molecule has 0 aliphatic heterocycles. The van der Waals surface area contributed by atoms with E-state index in [0.29, 0.717) is 17.9 Å². The van der Waals surface area contributed by atoms with Crippen molar-refractivity contribution in [3.8, 4) is 6.01 Å². The second kappa shape index (κ2) is 5.84. The van der Waals surface area contributed by atoms with Crippen molar-refractivity contribution in [3.63, 3.8) is 0 Å². The Hall–Kier alpha value is -1.59. The second-order valence-electron chi connectivity index (χ2n) is 5.23. The Bertz CT molecular complexity index is 389. The maximum absolute atomic E-state index is 5.07. The number of ether oxygens (including phenoxy) is 1. The zero-order chi connectivity index (χ0) is 13.8. The van der Waals surface area contributed by atoms with Crippen LogP contribution in [0.5, 0.6) is 6.01 Å². The quantitative estimate of drug-likeness (QED) is 0.838. The van der Waals surface area contributed by atoms with Gasteiger partial charge in [-0.05, 0) is 19.3 Å². The van der Waals surface area contributed by atoms with Gasteiger partial charge in [0.25, 0.3) is 0 Å². The smallest absolute Gasteiger partial charge is 0.322 e. The van der Waals surface area contributed by atoms with Gasteiger partial charge in [0.1, 0.15) is 0 Å². The lowest BCUT2D eigenvalue weighted by atomic mass is 9.88. The third-order valence-electron chi connectivity index (χ3n) is 2.78. The van der Waals surface area contributed by atoms with E-state index in [1.807, 2.05) is 6.92 Å². The zero-order valence-corrected chi connectivity index (χ0v) is 12.0. The zero-order valence-electron chi connectivity index (χ0n) is 12.0. The maximum atomic E-state index is 5.07. The van der Waals surface area contributed by atoms with E-state index in [1.165, 1.54) is 0 Å². The number of anilines is 2. The van der Waals surface area contributed by atoms with Crippen LogP contribution in [0.2, 0.25) is 0 Å². The molecule has 1 atom stereocenters. The van der Waals surface area contributed by atoms with Gasteiger partial charge in [-0.15, -0.1) is 0 Å². The van der Waals surface area contributed by atoms with Gasteiger partial charge in [0, 0.05) is 12.6 Å². The van der Waals surface area contributed by atoms with Crippen LogP contribution in [0.4, 0.5) is 11.9 Å². The summed E-state index contributed by atoms with van der Waals surface area (Å²) in [4.78, 5) is 12.6. The number of rotatable bonds is 5. The summed E-state index contributed by atoms with van der Waals surface area (Å²) in [5.74, 6) is 1.05. The highest BCUT2D eigenvalue weighted by molar-refractivity contribution is 5.36. The molecule has 1 rings (SSSR count). The lowest BCUT2D eigenvalue weighted by Gasteiger charge is -2.28. The number of nitrogens with zero attached hydrogens (tertiary/aromatic N) is 3.